The van der Waals surface area contributed by atoms with Crippen molar-refractivity contribution in [2.45, 2.75) is 23.6 Å². The van der Waals surface area contributed by atoms with Gasteiger partial charge in [-0.3, -0.25) is 4.79 Å². The summed E-state index contributed by atoms with van der Waals surface area (Å²) >= 11 is 7.76. The van der Waals surface area contributed by atoms with E-state index in [0.717, 1.165) is 21.4 Å². The maximum atomic E-state index is 10.9. The molecule has 0 heterocycles. The SMILES string of the molecule is CC(=O)Cc1cccc(CBr)c1S. The fourth-order valence-corrected chi connectivity index (χ4v) is 2.15. The monoisotopic (exact) mass is 258 g/mol. The van der Waals surface area contributed by atoms with Gasteiger partial charge in [0.1, 0.15) is 5.78 Å². The molecular formula is C10H11BrOS. The second-order valence-electron chi connectivity index (χ2n) is 2.94. The maximum absolute atomic E-state index is 10.9. The quantitative estimate of drug-likeness (QED) is 0.652. The van der Waals surface area contributed by atoms with E-state index in [1.165, 1.54) is 0 Å². The fraction of sp³-hybridized carbons (Fsp3) is 0.300. The van der Waals surface area contributed by atoms with Crippen LogP contribution in [0.2, 0.25) is 0 Å². The number of ketones is 1. The Balaban J connectivity index is 3.01. The van der Waals surface area contributed by atoms with Crippen LogP contribution in [0.3, 0.4) is 0 Å². The Bertz CT molecular complexity index is 323. The Kier molecular flexibility index (Phi) is 4.00. The molecule has 1 aromatic carbocycles. The van der Waals surface area contributed by atoms with Gasteiger partial charge in [-0.2, -0.15) is 0 Å². The second-order valence-corrected chi connectivity index (χ2v) is 3.95. The molecule has 0 aliphatic heterocycles. The molecule has 3 heteroatoms. The average molecular weight is 259 g/mol. The van der Waals surface area contributed by atoms with Crippen LogP contribution >= 0.6 is 28.6 Å². The van der Waals surface area contributed by atoms with Crippen molar-refractivity contribution in [3.8, 4) is 0 Å². The third-order valence-corrected chi connectivity index (χ3v) is 2.97. The standard InChI is InChI=1S/C10H11BrOS/c1-7(12)5-8-3-2-4-9(6-11)10(8)13/h2-4,13H,5-6H2,1H3. The third-order valence-electron chi connectivity index (χ3n) is 1.79. The minimum Gasteiger partial charge on any atom is -0.300 e. The molecule has 0 saturated heterocycles. The van der Waals surface area contributed by atoms with Crippen LogP contribution < -0.4 is 0 Å². The van der Waals surface area contributed by atoms with E-state index in [2.05, 4.69) is 28.6 Å². The predicted octanol–water partition coefficient (Wildman–Crippen LogP) is 3.00. The molecule has 0 atom stereocenters. The summed E-state index contributed by atoms with van der Waals surface area (Å²) in [5.41, 5.74) is 2.13. The molecule has 0 spiro atoms. The molecular weight excluding hydrogens is 248 g/mol. The predicted molar refractivity (Wildman–Crippen MR) is 60.7 cm³/mol. The van der Waals surface area contributed by atoms with Gasteiger partial charge in [-0.05, 0) is 18.1 Å². The Morgan fingerprint density at radius 2 is 2.08 bits per heavy atom. The summed E-state index contributed by atoms with van der Waals surface area (Å²) < 4.78 is 0. The molecule has 0 unspecified atom stereocenters. The van der Waals surface area contributed by atoms with Gasteiger partial charge in [0.15, 0.2) is 0 Å². The Morgan fingerprint density at radius 3 is 2.62 bits per heavy atom. The average Bonchev–Trinajstić information content (AvgIpc) is 2.08. The molecule has 1 nitrogen and oxygen atoms in total. The lowest BCUT2D eigenvalue weighted by Gasteiger charge is -2.06. The summed E-state index contributed by atoms with van der Waals surface area (Å²) in [6, 6.07) is 5.89. The van der Waals surface area contributed by atoms with Gasteiger partial charge < -0.3 is 0 Å². The Morgan fingerprint density at radius 1 is 1.46 bits per heavy atom. The van der Waals surface area contributed by atoms with Crippen LogP contribution in [-0.2, 0) is 16.5 Å². The fourth-order valence-electron chi connectivity index (χ4n) is 1.16. The highest BCUT2D eigenvalue weighted by atomic mass is 79.9. The van der Waals surface area contributed by atoms with Gasteiger partial charge in [-0.25, -0.2) is 0 Å². The van der Waals surface area contributed by atoms with Crippen LogP contribution in [0.25, 0.3) is 0 Å². The lowest BCUT2D eigenvalue weighted by atomic mass is 10.1. The van der Waals surface area contributed by atoms with Crippen molar-refractivity contribution in [1.82, 2.24) is 0 Å². The number of hydrogen-bond donors (Lipinski definition) is 1. The lowest BCUT2D eigenvalue weighted by Crippen LogP contribution is -1.98. The van der Waals surface area contributed by atoms with E-state index in [1.807, 2.05) is 18.2 Å². The minimum atomic E-state index is 0.169. The first kappa shape index (κ1) is 10.8. The van der Waals surface area contributed by atoms with Crippen LogP contribution in [0.5, 0.6) is 0 Å². The summed E-state index contributed by atoms with van der Waals surface area (Å²) in [6.07, 6.45) is 0.472. The molecule has 1 rings (SSSR count). The summed E-state index contributed by atoms with van der Waals surface area (Å²) in [4.78, 5) is 11.8. The summed E-state index contributed by atoms with van der Waals surface area (Å²) in [5, 5.41) is 0.775. The summed E-state index contributed by atoms with van der Waals surface area (Å²) in [5.74, 6) is 0.169. The second kappa shape index (κ2) is 4.82. The number of carbonyl (C=O) groups excluding carboxylic acids is 1. The zero-order valence-electron chi connectivity index (χ0n) is 7.38. The first-order valence-electron chi connectivity index (χ1n) is 4.00. The van der Waals surface area contributed by atoms with Crippen molar-refractivity contribution in [3.05, 3.63) is 29.3 Å². The number of thiol groups is 1. The largest absolute Gasteiger partial charge is 0.300 e. The molecule has 0 fully saturated rings. The van der Waals surface area contributed by atoms with E-state index >= 15 is 0 Å². The first-order valence-corrected chi connectivity index (χ1v) is 5.57. The van der Waals surface area contributed by atoms with Crippen molar-refractivity contribution in [1.29, 1.82) is 0 Å². The van der Waals surface area contributed by atoms with Crippen molar-refractivity contribution in [3.63, 3.8) is 0 Å². The number of alkyl halides is 1. The van der Waals surface area contributed by atoms with Gasteiger partial charge in [0.25, 0.3) is 0 Å². The van der Waals surface area contributed by atoms with E-state index in [0.29, 0.717) is 6.42 Å². The molecule has 0 bridgehead atoms. The van der Waals surface area contributed by atoms with Crippen LogP contribution in [0, 0.1) is 0 Å². The van der Waals surface area contributed by atoms with Crippen molar-refractivity contribution in [2.24, 2.45) is 0 Å². The van der Waals surface area contributed by atoms with Gasteiger partial charge in [-0.1, -0.05) is 34.1 Å². The zero-order valence-corrected chi connectivity index (χ0v) is 9.86. The highest BCUT2D eigenvalue weighted by Gasteiger charge is 2.05. The summed E-state index contributed by atoms with van der Waals surface area (Å²) in [6.45, 7) is 1.59. The highest BCUT2D eigenvalue weighted by molar-refractivity contribution is 9.08. The van der Waals surface area contributed by atoms with Crippen molar-refractivity contribution in [2.75, 3.05) is 0 Å². The van der Waals surface area contributed by atoms with E-state index in [4.69, 9.17) is 0 Å². The van der Waals surface area contributed by atoms with E-state index in [1.54, 1.807) is 6.92 Å². The molecule has 0 saturated carbocycles. The molecule has 13 heavy (non-hydrogen) atoms. The molecule has 0 aliphatic carbocycles. The van der Waals surface area contributed by atoms with Crippen molar-refractivity contribution >= 4 is 34.3 Å². The van der Waals surface area contributed by atoms with Gasteiger partial charge in [0.2, 0.25) is 0 Å². The molecule has 70 valence electrons. The first-order chi connectivity index (χ1) is 6.15. The van der Waals surface area contributed by atoms with Gasteiger partial charge in [0, 0.05) is 16.6 Å². The van der Waals surface area contributed by atoms with E-state index in [-0.39, 0.29) is 5.78 Å². The van der Waals surface area contributed by atoms with Crippen LogP contribution in [0.4, 0.5) is 0 Å². The molecule has 0 aromatic heterocycles. The van der Waals surface area contributed by atoms with Crippen LogP contribution in [0.1, 0.15) is 18.1 Å². The van der Waals surface area contributed by atoms with Crippen molar-refractivity contribution < 1.29 is 4.79 Å². The van der Waals surface area contributed by atoms with Gasteiger partial charge >= 0.3 is 0 Å². The number of hydrogen-bond acceptors (Lipinski definition) is 2. The zero-order chi connectivity index (χ0) is 9.84. The van der Waals surface area contributed by atoms with Crippen LogP contribution in [-0.4, -0.2) is 5.78 Å². The molecule has 1 aromatic rings. The minimum absolute atomic E-state index is 0.169. The number of carbonyl (C=O) groups is 1. The number of halogens is 1. The third kappa shape index (κ3) is 2.85. The van der Waals surface area contributed by atoms with E-state index in [9.17, 15) is 4.79 Å². The van der Waals surface area contributed by atoms with Crippen LogP contribution in [0.15, 0.2) is 23.1 Å². The highest BCUT2D eigenvalue weighted by Crippen LogP contribution is 2.21. The molecule has 0 aliphatic rings. The maximum Gasteiger partial charge on any atom is 0.134 e. The van der Waals surface area contributed by atoms with E-state index < -0.39 is 0 Å². The Labute approximate surface area is 92.1 Å². The topological polar surface area (TPSA) is 17.1 Å². The number of benzene rings is 1. The lowest BCUT2D eigenvalue weighted by molar-refractivity contribution is -0.116. The molecule has 0 N–H and O–H groups in total. The smallest absolute Gasteiger partial charge is 0.134 e. The molecule has 0 radical (unpaired) electrons. The number of Topliss-reactive ketones (excluding diaryl/α,β-unsaturated/α-hetero) is 1. The van der Waals surface area contributed by atoms with Gasteiger partial charge in [-0.15, -0.1) is 12.6 Å². The number of rotatable bonds is 3. The molecule has 0 amide bonds. The normalized spacial score (nSPS) is 10.1. The Hall–Kier alpha value is -0.280. The summed E-state index contributed by atoms with van der Waals surface area (Å²) in [7, 11) is 0. The van der Waals surface area contributed by atoms with Gasteiger partial charge in [0.05, 0.1) is 0 Å².